The van der Waals surface area contributed by atoms with E-state index < -0.39 is 47.3 Å². The van der Waals surface area contributed by atoms with Gasteiger partial charge < -0.3 is 80.0 Å². The Balaban J connectivity index is 0.929. The molecule has 0 aliphatic carbocycles. The van der Waals surface area contributed by atoms with Crippen LogP contribution < -0.4 is 43.7 Å². The molecule has 2 unspecified atom stereocenters. The Labute approximate surface area is 476 Å². The fourth-order valence-electron chi connectivity index (χ4n) is 9.20. The van der Waals surface area contributed by atoms with E-state index in [2.05, 4.69) is 40.6 Å². The topological polar surface area (TPSA) is 353 Å². The lowest BCUT2D eigenvalue weighted by Crippen LogP contribution is -2.70. The molecule has 2 fully saturated rings. The van der Waals surface area contributed by atoms with Gasteiger partial charge in [0.2, 0.25) is 17.7 Å². The third-order valence-electron chi connectivity index (χ3n) is 13.6. The quantitative estimate of drug-likeness (QED) is 0.0194. The Morgan fingerprint density at radius 1 is 0.817 bits per heavy atom. The molecular formula is C55H82N12O15. The van der Waals surface area contributed by atoms with Gasteiger partial charge >= 0.3 is 23.8 Å². The van der Waals surface area contributed by atoms with Crippen LogP contribution in [0.1, 0.15) is 86.3 Å². The Bertz CT molecular complexity index is 2740. The van der Waals surface area contributed by atoms with Gasteiger partial charge in [0.1, 0.15) is 29.8 Å². The van der Waals surface area contributed by atoms with E-state index in [1.54, 1.807) is 55.1 Å². The van der Waals surface area contributed by atoms with E-state index in [9.17, 15) is 28.8 Å². The highest BCUT2D eigenvalue weighted by Crippen LogP contribution is 2.32. The summed E-state index contributed by atoms with van der Waals surface area (Å²) in [4.78, 5) is 99.4. The molecule has 4 amide bonds. The van der Waals surface area contributed by atoms with Gasteiger partial charge in [-0.05, 0) is 73.0 Å². The van der Waals surface area contributed by atoms with Gasteiger partial charge in [-0.3, -0.25) is 23.9 Å². The Kier molecular flexibility index (Phi) is 26.2. The molecule has 1 spiro atoms. The first-order valence-corrected chi connectivity index (χ1v) is 27.9. The monoisotopic (exact) mass is 1150 g/mol. The number of likely N-dealkylation sites (tertiary alicyclic amines) is 1. The smallest absolute Gasteiger partial charge is 0.410 e. The zero-order valence-corrected chi connectivity index (χ0v) is 47.5. The number of morpholine rings is 1. The van der Waals surface area contributed by atoms with Crippen molar-refractivity contribution in [2.45, 2.75) is 96.7 Å². The minimum absolute atomic E-state index is 0.00325. The molecule has 2 aromatic heterocycles. The molecule has 2 saturated heterocycles. The highest BCUT2D eigenvalue weighted by atomic mass is 16.6. The maximum absolute atomic E-state index is 13.7. The summed E-state index contributed by atoms with van der Waals surface area (Å²) in [6, 6.07) is 10.5. The normalized spacial score (nSPS) is 14.8. The summed E-state index contributed by atoms with van der Waals surface area (Å²) in [5, 5.41) is 8.51. The average Bonchev–Trinajstić information content (AvgIpc) is 2.97. The van der Waals surface area contributed by atoms with Crippen molar-refractivity contribution in [3.05, 3.63) is 75.2 Å². The molecular weight excluding hydrogens is 1070 g/mol. The van der Waals surface area contributed by atoms with E-state index in [4.69, 9.17) is 55.3 Å². The first-order chi connectivity index (χ1) is 39.7. The molecule has 2 atom stereocenters. The SMILES string of the molecule is CCCCOc1nc(N)c2[nH]c(=O)n(Cc3ccc(CN4CC5(C4)CN(C(=O)OCc4ccc(NC(=O)C(CCCCN)NC(=O)C(NC(=O)CCOCCOCCOCCOCCON)C(C)C)cc4)CCO5)cc3C(=O)OC)c2n1. The minimum atomic E-state index is -0.915. The molecule has 27 heteroatoms. The van der Waals surface area contributed by atoms with E-state index in [0.717, 1.165) is 18.4 Å². The summed E-state index contributed by atoms with van der Waals surface area (Å²) in [6.45, 7) is 12.0. The number of hydrogen-bond donors (Lipinski definition) is 7. The number of hydrogen-bond acceptors (Lipinski definition) is 21. The van der Waals surface area contributed by atoms with Gasteiger partial charge in [-0.25, -0.2) is 20.3 Å². The maximum atomic E-state index is 13.7. The van der Waals surface area contributed by atoms with Gasteiger partial charge in [-0.2, -0.15) is 9.97 Å². The second kappa shape index (κ2) is 33.3. The van der Waals surface area contributed by atoms with Gasteiger partial charge in [-0.15, -0.1) is 0 Å². The summed E-state index contributed by atoms with van der Waals surface area (Å²) >= 11 is 0. The number of fused-ring (bicyclic) bond motifs is 1. The van der Waals surface area contributed by atoms with Gasteiger partial charge in [-0.1, -0.05) is 51.5 Å². The number of nitrogens with one attached hydrogen (secondary N) is 4. The van der Waals surface area contributed by atoms with E-state index >= 15 is 0 Å². The third-order valence-corrected chi connectivity index (χ3v) is 13.6. The van der Waals surface area contributed by atoms with Crippen molar-refractivity contribution in [2.75, 3.05) is 124 Å². The van der Waals surface area contributed by atoms with E-state index in [0.29, 0.717) is 135 Å². The number of carbonyl (C=O) groups is 5. The summed E-state index contributed by atoms with van der Waals surface area (Å²) < 4.78 is 45.8. The lowest BCUT2D eigenvalue weighted by molar-refractivity contribution is -0.181. The van der Waals surface area contributed by atoms with Gasteiger partial charge in [0, 0.05) is 38.3 Å². The standard InChI is InChI=1S/C55H82N12O15/c1-5-6-19-79-52-63-47(57)46-48(64-52)67(53(72)62-46)32-40-13-10-39(30-42(40)51(71)74-4)31-65-34-55(35-65)36-66(18-21-81-55)54(73)80-33-38-11-14-41(15-12-38)59-49(69)43(9-7-8-17-56)60-50(70)45(37(2)3)61-44(68)16-20-75-22-23-76-24-25-77-26-27-78-28-29-82-58/h10-15,30,37,43,45H,5-9,16-29,31-36,56,58H2,1-4H3,(H,59,69)(H,60,70)(H,61,68)(H,62,72)(H2,57,63,64). The molecule has 4 aromatic rings. The molecule has 0 radical (unpaired) electrons. The van der Waals surface area contributed by atoms with Crippen molar-refractivity contribution in [1.29, 1.82) is 0 Å². The molecule has 0 bridgehead atoms. The zero-order valence-electron chi connectivity index (χ0n) is 47.5. The Morgan fingerprint density at radius 3 is 2.16 bits per heavy atom. The fraction of sp³-hybridized carbons (Fsp3) is 0.600. The number of H-pyrrole nitrogens is 1. The number of ether oxygens (including phenoxy) is 8. The lowest BCUT2D eigenvalue weighted by Gasteiger charge is -2.53. The molecule has 0 saturated carbocycles. The summed E-state index contributed by atoms with van der Waals surface area (Å²) in [6.07, 6.45) is 2.77. The highest BCUT2D eigenvalue weighted by molar-refractivity contribution is 5.98. The second-order valence-electron chi connectivity index (χ2n) is 20.3. The molecule has 6 rings (SSSR count). The van der Waals surface area contributed by atoms with Crippen molar-refractivity contribution < 1.29 is 66.7 Å². The number of nitrogen functional groups attached to an aromatic ring is 1. The Hall–Kier alpha value is -6.82. The molecule has 2 aliphatic rings. The van der Waals surface area contributed by atoms with Crippen LogP contribution in [-0.4, -0.2) is 189 Å². The van der Waals surface area contributed by atoms with E-state index in [-0.39, 0.29) is 73.2 Å². The van der Waals surface area contributed by atoms with Crippen LogP contribution in [-0.2, 0) is 72.1 Å². The molecule has 452 valence electrons. The number of methoxy groups -OCH3 is 1. The lowest BCUT2D eigenvalue weighted by atomic mass is 9.91. The van der Waals surface area contributed by atoms with Crippen molar-refractivity contribution in [3.63, 3.8) is 0 Å². The molecule has 27 nitrogen and oxygen atoms in total. The number of nitrogens with two attached hydrogens (primary N) is 3. The van der Waals surface area contributed by atoms with Crippen LogP contribution in [0.5, 0.6) is 6.01 Å². The number of rotatable bonds is 36. The minimum Gasteiger partial charge on any atom is -0.465 e. The van der Waals surface area contributed by atoms with Crippen molar-refractivity contribution in [1.82, 2.24) is 40.0 Å². The largest absolute Gasteiger partial charge is 0.465 e. The van der Waals surface area contributed by atoms with E-state index in [1.165, 1.54) is 11.7 Å². The van der Waals surface area contributed by atoms with Crippen LogP contribution in [0.3, 0.4) is 0 Å². The zero-order chi connectivity index (χ0) is 58.9. The number of benzene rings is 2. The average molecular weight is 1150 g/mol. The molecule has 82 heavy (non-hydrogen) atoms. The third kappa shape index (κ3) is 19.7. The highest BCUT2D eigenvalue weighted by Gasteiger charge is 2.48. The van der Waals surface area contributed by atoms with Crippen LogP contribution in [0.25, 0.3) is 11.2 Å². The van der Waals surface area contributed by atoms with Crippen LogP contribution in [0.2, 0.25) is 0 Å². The Morgan fingerprint density at radius 2 is 1.50 bits per heavy atom. The van der Waals surface area contributed by atoms with Gasteiger partial charge in [0.25, 0.3) is 0 Å². The van der Waals surface area contributed by atoms with E-state index in [1.807, 2.05) is 13.0 Å². The van der Waals surface area contributed by atoms with Crippen LogP contribution in [0, 0.1) is 5.92 Å². The number of esters is 1. The second-order valence-corrected chi connectivity index (χ2v) is 20.3. The number of nitrogens with zero attached hydrogens (tertiary/aromatic N) is 5. The maximum Gasteiger partial charge on any atom is 0.410 e. The fourth-order valence-corrected chi connectivity index (χ4v) is 9.20. The summed E-state index contributed by atoms with van der Waals surface area (Å²) in [7, 11) is 1.30. The first-order valence-electron chi connectivity index (χ1n) is 27.9. The van der Waals surface area contributed by atoms with Crippen molar-refractivity contribution in [2.24, 2.45) is 17.5 Å². The van der Waals surface area contributed by atoms with Gasteiger partial charge in [0.05, 0.1) is 98.4 Å². The van der Waals surface area contributed by atoms with Crippen molar-refractivity contribution in [3.8, 4) is 6.01 Å². The predicted octanol–water partition coefficient (Wildman–Crippen LogP) is 1.98. The molecule has 2 aromatic carbocycles. The number of anilines is 2. The number of aromatic amines is 1. The number of amides is 4. The number of carbonyl (C=O) groups excluding carboxylic acids is 5. The number of unbranched alkanes of at least 4 members (excludes halogenated alkanes) is 2. The molecule has 2 aliphatic heterocycles. The number of imidazole rings is 1. The molecule has 10 N–H and O–H groups in total. The van der Waals surface area contributed by atoms with Crippen LogP contribution >= 0.6 is 0 Å². The summed E-state index contributed by atoms with van der Waals surface area (Å²) in [5.74, 6) is 2.84. The predicted molar refractivity (Wildman–Crippen MR) is 300 cm³/mol. The first kappa shape index (κ1) is 64.3. The summed E-state index contributed by atoms with van der Waals surface area (Å²) in [5.41, 5.74) is 14.1. The number of aromatic nitrogens is 4. The van der Waals surface area contributed by atoms with Crippen LogP contribution in [0.4, 0.5) is 16.3 Å². The van der Waals surface area contributed by atoms with Gasteiger partial charge in [0.15, 0.2) is 11.5 Å². The molecule has 4 heterocycles. The van der Waals surface area contributed by atoms with Crippen LogP contribution in [0.15, 0.2) is 47.3 Å². The van der Waals surface area contributed by atoms with Crippen molar-refractivity contribution >= 4 is 52.5 Å².